The Labute approximate surface area is 66.5 Å². The first-order chi connectivity index (χ1) is 3.71. The summed E-state index contributed by atoms with van der Waals surface area (Å²) in [5, 5.41) is 0. The third-order valence-electron chi connectivity index (χ3n) is 0.339. The van der Waals surface area contributed by atoms with Crippen molar-refractivity contribution in [3.05, 3.63) is 0 Å². The topological polar surface area (TPSA) is 54.4 Å². The molecule has 0 spiro atoms. The zero-order valence-corrected chi connectivity index (χ0v) is 8.06. The molecule has 56 valence electrons. The van der Waals surface area contributed by atoms with Crippen LogP contribution in [-0.2, 0) is 9.13 Å². The minimum atomic E-state index is -3.84. The van der Waals surface area contributed by atoms with Crippen molar-refractivity contribution in [2.24, 2.45) is 0 Å². The molecule has 8 heteroatoms. The minimum Gasteiger partial charge on any atom is -0.333 e. The summed E-state index contributed by atoms with van der Waals surface area (Å²) in [7, 11) is 0. The van der Waals surface area contributed by atoms with Crippen molar-refractivity contribution < 1.29 is 14.0 Å². The van der Waals surface area contributed by atoms with E-state index in [-0.39, 0.29) is 0 Å². The van der Waals surface area contributed by atoms with Gasteiger partial charge in [0.05, 0.1) is 0 Å². The lowest BCUT2D eigenvalue weighted by Gasteiger charge is -2.01. The van der Waals surface area contributed by atoms with Gasteiger partial charge in [0.2, 0.25) is 0 Å². The summed E-state index contributed by atoms with van der Waals surface area (Å²) in [6.07, 6.45) is 0. The first-order valence-corrected chi connectivity index (χ1v) is 8.16. The van der Waals surface area contributed by atoms with Crippen LogP contribution in [0.25, 0.3) is 0 Å². The van der Waals surface area contributed by atoms with E-state index in [0.29, 0.717) is 0 Å². The molecule has 1 atom stereocenters. The summed E-state index contributed by atoms with van der Waals surface area (Å²) < 4.78 is 20.6. The minimum absolute atomic E-state index is 0.745. The van der Waals surface area contributed by atoms with Crippen molar-refractivity contribution in [2.75, 3.05) is 5.90 Å². The molecule has 0 aromatic rings. The first kappa shape index (κ1) is 10.3. The van der Waals surface area contributed by atoms with E-state index in [1.54, 1.807) is 0 Å². The van der Waals surface area contributed by atoms with Gasteiger partial charge in [0, 0.05) is 0 Å². The standard InChI is InChI=1S/CH3Cl3O3P2/c2-8(3,5)1-9(4,6)7/h1H2,(H,6,7). The third-order valence-corrected chi connectivity index (χ3v) is 5.94. The lowest BCUT2D eigenvalue weighted by atomic mass is 11.9. The molecule has 0 saturated heterocycles. The monoisotopic (exact) mass is 230 g/mol. The molecule has 0 bridgehead atoms. The van der Waals surface area contributed by atoms with Crippen molar-refractivity contribution in [3.63, 3.8) is 0 Å². The zero-order valence-electron chi connectivity index (χ0n) is 4.00. The van der Waals surface area contributed by atoms with Crippen molar-refractivity contribution >= 4 is 46.3 Å². The lowest BCUT2D eigenvalue weighted by Crippen LogP contribution is -1.73. The van der Waals surface area contributed by atoms with Gasteiger partial charge in [0.25, 0.3) is 12.6 Å². The Morgan fingerprint density at radius 3 is 1.56 bits per heavy atom. The van der Waals surface area contributed by atoms with Crippen molar-refractivity contribution in [1.29, 1.82) is 0 Å². The maximum atomic E-state index is 10.3. The van der Waals surface area contributed by atoms with Gasteiger partial charge in [-0.3, -0.25) is 9.13 Å². The highest BCUT2D eigenvalue weighted by Crippen LogP contribution is 2.68. The molecule has 0 aromatic carbocycles. The molecular formula is CH3Cl3O3P2. The largest absolute Gasteiger partial charge is 0.333 e. The van der Waals surface area contributed by atoms with Gasteiger partial charge in [0.1, 0.15) is 5.90 Å². The van der Waals surface area contributed by atoms with Gasteiger partial charge in [-0.2, -0.15) is 0 Å². The predicted molar refractivity (Wildman–Crippen MR) is 39.9 cm³/mol. The van der Waals surface area contributed by atoms with Crippen LogP contribution in [0, 0.1) is 0 Å². The van der Waals surface area contributed by atoms with Crippen LogP contribution in [0.4, 0.5) is 0 Å². The van der Waals surface area contributed by atoms with E-state index in [4.69, 9.17) is 38.6 Å². The average Bonchev–Trinajstić information content (AvgIpc) is 1.14. The molecule has 0 aliphatic heterocycles. The van der Waals surface area contributed by atoms with Gasteiger partial charge in [-0.15, -0.1) is 0 Å². The quantitative estimate of drug-likeness (QED) is 0.743. The summed E-state index contributed by atoms with van der Waals surface area (Å²) in [5.41, 5.74) is 0. The summed E-state index contributed by atoms with van der Waals surface area (Å²) in [4.78, 5) is 8.33. The van der Waals surface area contributed by atoms with E-state index in [1.807, 2.05) is 0 Å². The van der Waals surface area contributed by atoms with Crippen molar-refractivity contribution in [2.45, 2.75) is 0 Å². The molecule has 1 unspecified atom stereocenters. The van der Waals surface area contributed by atoms with Gasteiger partial charge in [0.15, 0.2) is 0 Å². The fraction of sp³-hybridized carbons (Fsp3) is 1.00. The molecule has 0 aliphatic carbocycles. The molecule has 0 aromatic heterocycles. The number of hydrogen-bond donors (Lipinski definition) is 1. The van der Waals surface area contributed by atoms with Crippen LogP contribution >= 0.6 is 46.3 Å². The smallest absolute Gasteiger partial charge is 0.297 e. The normalized spacial score (nSPS) is 19.1. The zero-order chi connectivity index (χ0) is 7.71. The summed E-state index contributed by atoms with van der Waals surface area (Å²) in [6.45, 7) is -3.84. The molecule has 0 aliphatic rings. The second-order valence-corrected chi connectivity index (χ2v) is 10.2. The van der Waals surface area contributed by atoms with Gasteiger partial charge in [-0.25, -0.2) is 0 Å². The van der Waals surface area contributed by atoms with Crippen LogP contribution in [0.2, 0.25) is 0 Å². The Bertz CT molecular complexity index is 157. The molecule has 3 nitrogen and oxygen atoms in total. The van der Waals surface area contributed by atoms with Crippen molar-refractivity contribution in [3.8, 4) is 0 Å². The molecule has 9 heavy (non-hydrogen) atoms. The van der Waals surface area contributed by atoms with Crippen LogP contribution in [0.5, 0.6) is 0 Å². The number of halogens is 3. The van der Waals surface area contributed by atoms with Crippen LogP contribution in [0.1, 0.15) is 0 Å². The molecule has 0 saturated carbocycles. The summed E-state index contributed by atoms with van der Waals surface area (Å²) >= 11 is 14.6. The fourth-order valence-corrected chi connectivity index (χ4v) is 6.78. The van der Waals surface area contributed by atoms with Crippen molar-refractivity contribution in [1.82, 2.24) is 0 Å². The average molecular weight is 231 g/mol. The van der Waals surface area contributed by atoms with Crippen LogP contribution < -0.4 is 0 Å². The highest BCUT2D eigenvalue weighted by Gasteiger charge is 2.26. The molecule has 1 N–H and O–H groups in total. The van der Waals surface area contributed by atoms with E-state index < -0.39 is 18.5 Å². The molecule has 0 radical (unpaired) electrons. The van der Waals surface area contributed by atoms with Gasteiger partial charge in [-0.05, 0) is 33.7 Å². The van der Waals surface area contributed by atoms with E-state index in [1.165, 1.54) is 0 Å². The molecule has 0 amide bonds. The Hall–Kier alpha value is 1.29. The Balaban J connectivity index is 4.07. The van der Waals surface area contributed by atoms with Crippen LogP contribution in [-0.4, -0.2) is 10.8 Å². The summed E-state index contributed by atoms with van der Waals surface area (Å²) in [6, 6.07) is 0. The Morgan fingerprint density at radius 1 is 1.22 bits per heavy atom. The molecule has 0 rings (SSSR count). The predicted octanol–water partition coefficient (Wildman–Crippen LogP) is 3.04. The number of hydrogen-bond acceptors (Lipinski definition) is 2. The molecule has 0 heterocycles. The summed E-state index contributed by atoms with van der Waals surface area (Å²) in [5.74, 6) is -4.23. The lowest BCUT2D eigenvalue weighted by molar-refractivity contribution is 0.500. The SMILES string of the molecule is O=P(O)(Cl)CP(=O)(Cl)Cl. The van der Waals surface area contributed by atoms with E-state index in [9.17, 15) is 9.13 Å². The van der Waals surface area contributed by atoms with E-state index >= 15 is 0 Å². The highest BCUT2D eigenvalue weighted by atomic mass is 35.9. The molecule has 0 fully saturated rings. The maximum Gasteiger partial charge on any atom is 0.297 e. The first-order valence-electron chi connectivity index (χ1n) is 1.70. The molecular weight excluding hydrogens is 228 g/mol. The van der Waals surface area contributed by atoms with Gasteiger partial charge in [-0.1, -0.05) is 0 Å². The fourth-order valence-electron chi connectivity index (χ4n) is 0.203. The highest BCUT2D eigenvalue weighted by molar-refractivity contribution is 8.14. The van der Waals surface area contributed by atoms with Crippen LogP contribution in [0.15, 0.2) is 0 Å². The Kier molecular flexibility index (Phi) is 3.57. The van der Waals surface area contributed by atoms with E-state index in [2.05, 4.69) is 0 Å². The third kappa shape index (κ3) is 9.29. The second kappa shape index (κ2) is 3.13. The number of rotatable bonds is 2. The van der Waals surface area contributed by atoms with Crippen LogP contribution in [0.3, 0.4) is 0 Å². The second-order valence-electron chi connectivity index (χ2n) is 1.33. The van der Waals surface area contributed by atoms with Gasteiger partial charge < -0.3 is 4.89 Å². The van der Waals surface area contributed by atoms with E-state index in [0.717, 1.165) is 0 Å². The Morgan fingerprint density at radius 2 is 1.56 bits per heavy atom. The van der Waals surface area contributed by atoms with Gasteiger partial charge >= 0.3 is 0 Å². The maximum absolute atomic E-state index is 10.3.